The summed E-state index contributed by atoms with van der Waals surface area (Å²) in [4.78, 5) is 25.2. The number of ether oxygens (including phenoxy) is 1. The summed E-state index contributed by atoms with van der Waals surface area (Å²) in [6, 6.07) is 6.00. The van der Waals surface area contributed by atoms with Gasteiger partial charge < -0.3 is 15.0 Å². The average Bonchev–Trinajstić information content (AvgIpc) is 2.70. The Morgan fingerprint density at radius 2 is 2.15 bits per heavy atom. The first-order chi connectivity index (χ1) is 13.2. The highest BCUT2D eigenvalue weighted by atomic mass is 16.5. The average molecular weight is 366 g/mol. The number of anilines is 2. The minimum atomic E-state index is -0.0777. The summed E-state index contributed by atoms with van der Waals surface area (Å²) in [6.07, 6.45) is 7.25. The molecule has 0 spiro atoms. The Kier molecular flexibility index (Phi) is 6.15. The van der Waals surface area contributed by atoms with Crippen LogP contribution < -0.4 is 10.1 Å². The zero-order valence-corrected chi connectivity index (χ0v) is 15.3. The number of nitrogens with zero attached hydrogens (tertiary/aromatic N) is 5. The third-order valence-corrected chi connectivity index (χ3v) is 4.42. The Hall–Kier alpha value is -3.21. The number of rotatable bonds is 7. The number of hydrogen-bond donors (Lipinski definition) is 1. The van der Waals surface area contributed by atoms with E-state index in [4.69, 9.17) is 4.74 Å². The number of hydrogen-bond acceptors (Lipinski definition) is 7. The van der Waals surface area contributed by atoms with E-state index < -0.39 is 0 Å². The first-order valence-corrected chi connectivity index (χ1v) is 9.06. The predicted molar refractivity (Wildman–Crippen MR) is 99.5 cm³/mol. The molecule has 27 heavy (non-hydrogen) atoms. The predicted octanol–water partition coefficient (Wildman–Crippen LogP) is 2.44. The fourth-order valence-corrected chi connectivity index (χ4v) is 2.95. The molecule has 1 aliphatic heterocycles. The molecular formula is C19H22N6O2. The Morgan fingerprint density at radius 3 is 2.78 bits per heavy atom. The van der Waals surface area contributed by atoms with E-state index in [1.165, 1.54) is 6.33 Å². The number of amides is 1. The van der Waals surface area contributed by atoms with Crippen LogP contribution in [0.25, 0.3) is 0 Å². The van der Waals surface area contributed by atoms with Crippen LogP contribution in [0.3, 0.4) is 0 Å². The van der Waals surface area contributed by atoms with Crippen molar-refractivity contribution in [2.45, 2.75) is 38.7 Å². The summed E-state index contributed by atoms with van der Waals surface area (Å²) >= 11 is 0. The van der Waals surface area contributed by atoms with Gasteiger partial charge in [-0.25, -0.2) is 9.97 Å². The number of carbonyl (C=O) groups excluding carboxylic acids is 1. The number of piperidine rings is 1. The van der Waals surface area contributed by atoms with Gasteiger partial charge in [-0.2, -0.15) is 5.26 Å². The standard InChI is InChI=1S/C19H22N6O2/c1-2-3-14-4-5-15(11-21-14)24-18-17(10-20)19(23-12-22-18)27-16-6-8-25(13-26)9-7-16/h4-5,11-13,16H,2-3,6-9H2,1H3,(H,22,23,24). The molecule has 1 fully saturated rings. The smallest absolute Gasteiger partial charge is 0.237 e. The molecule has 0 unspecified atom stereocenters. The first kappa shape index (κ1) is 18.6. The largest absolute Gasteiger partial charge is 0.473 e. The van der Waals surface area contributed by atoms with Crippen LogP contribution in [0.15, 0.2) is 24.7 Å². The molecule has 0 aromatic carbocycles. The molecule has 2 aromatic heterocycles. The van der Waals surface area contributed by atoms with E-state index in [9.17, 15) is 10.1 Å². The molecule has 8 heteroatoms. The van der Waals surface area contributed by atoms with Crippen molar-refractivity contribution in [1.29, 1.82) is 5.26 Å². The van der Waals surface area contributed by atoms with Gasteiger partial charge in [0.2, 0.25) is 12.3 Å². The third kappa shape index (κ3) is 4.70. The molecule has 1 aliphatic rings. The molecule has 140 valence electrons. The molecular weight excluding hydrogens is 344 g/mol. The first-order valence-electron chi connectivity index (χ1n) is 9.06. The molecule has 0 aliphatic carbocycles. The summed E-state index contributed by atoms with van der Waals surface area (Å²) in [5.41, 5.74) is 2.03. The monoisotopic (exact) mass is 366 g/mol. The Labute approximate surface area is 158 Å². The van der Waals surface area contributed by atoms with Crippen LogP contribution in [-0.2, 0) is 11.2 Å². The number of likely N-dealkylation sites (tertiary alicyclic amines) is 1. The van der Waals surface area contributed by atoms with E-state index in [2.05, 4.69) is 33.3 Å². The molecule has 8 nitrogen and oxygen atoms in total. The van der Waals surface area contributed by atoms with E-state index >= 15 is 0 Å². The van der Waals surface area contributed by atoms with Crippen LogP contribution >= 0.6 is 0 Å². The Bertz CT molecular complexity index is 810. The second kappa shape index (κ2) is 8.94. The summed E-state index contributed by atoms with van der Waals surface area (Å²) in [7, 11) is 0. The molecule has 0 radical (unpaired) electrons. The lowest BCUT2D eigenvalue weighted by Gasteiger charge is -2.29. The highest BCUT2D eigenvalue weighted by molar-refractivity contribution is 5.64. The number of nitrogens with one attached hydrogen (secondary N) is 1. The number of pyridine rings is 1. The lowest BCUT2D eigenvalue weighted by molar-refractivity contribution is -0.119. The molecule has 0 atom stereocenters. The highest BCUT2D eigenvalue weighted by Crippen LogP contribution is 2.26. The van der Waals surface area contributed by atoms with E-state index in [1.54, 1.807) is 11.1 Å². The molecule has 1 saturated heterocycles. The minimum absolute atomic E-state index is 0.0777. The zero-order valence-electron chi connectivity index (χ0n) is 15.3. The van der Waals surface area contributed by atoms with Gasteiger partial charge in [0.25, 0.3) is 0 Å². The zero-order chi connectivity index (χ0) is 19.1. The molecule has 1 amide bonds. The van der Waals surface area contributed by atoms with E-state index in [0.717, 1.165) is 30.6 Å². The van der Waals surface area contributed by atoms with Crippen LogP contribution in [0.5, 0.6) is 5.88 Å². The highest BCUT2D eigenvalue weighted by Gasteiger charge is 2.22. The SMILES string of the molecule is CCCc1ccc(Nc2ncnc(OC3CCN(C=O)CC3)c2C#N)cn1. The van der Waals surface area contributed by atoms with Gasteiger partial charge in [0.15, 0.2) is 11.4 Å². The fourth-order valence-electron chi connectivity index (χ4n) is 2.95. The molecule has 0 saturated carbocycles. The lowest BCUT2D eigenvalue weighted by atomic mass is 10.1. The van der Waals surface area contributed by atoms with Crippen LogP contribution in [0.4, 0.5) is 11.5 Å². The van der Waals surface area contributed by atoms with Crippen molar-refractivity contribution < 1.29 is 9.53 Å². The molecule has 0 bridgehead atoms. The van der Waals surface area contributed by atoms with Gasteiger partial charge >= 0.3 is 0 Å². The van der Waals surface area contributed by atoms with Crippen LogP contribution in [0.1, 0.15) is 37.4 Å². The van der Waals surface area contributed by atoms with Gasteiger partial charge in [-0.3, -0.25) is 9.78 Å². The number of nitriles is 1. The minimum Gasteiger partial charge on any atom is -0.473 e. The van der Waals surface area contributed by atoms with Crippen molar-refractivity contribution in [2.24, 2.45) is 0 Å². The summed E-state index contributed by atoms with van der Waals surface area (Å²) in [6.45, 7) is 3.39. The van der Waals surface area contributed by atoms with E-state index in [1.807, 2.05) is 12.1 Å². The van der Waals surface area contributed by atoms with Gasteiger partial charge in [0, 0.05) is 31.6 Å². The normalized spacial score (nSPS) is 14.4. The summed E-state index contributed by atoms with van der Waals surface area (Å²) in [5, 5.41) is 12.7. The second-order valence-corrected chi connectivity index (χ2v) is 6.39. The Balaban J connectivity index is 1.72. The molecule has 3 rings (SSSR count). The van der Waals surface area contributed by atoms with Crippen LogP contribution in [0, 0.1) is 11.3 Å². The van der Waals surface area contributed by atoms with E-state index in [-0.39, 0.29) is 17.5 Å². The molecule has 2 aromatic rings. The van der Waals surface area contributed by atoms with Crippen molar-refractivity contribution in [3.63, 3.8) is 0 Å². The van der Waals surface area contributed by atoms with Crippen molar-refractivity contribution in [2.75, 3.05) is 18.4 Å². The quantitative estimate of drug-likeness (QED) is 0.751. The number of carbonyl (C=O) groups is 1. The molecule has 1 N–H and O–H groups in total. The summed E-state index contributed by atoms with van der Waals surface area (Å²) in [5.74, 6) is 0.646. The van der Waals surface area contributed by atoms with Crippen molar-refractivity contribution >= 4 is 17.9 Å². The van der Waals surface area contributed by atoms with Crippen molar-refractivity contribution in [3.8, 4) is 11.9 Å². The van der Waals surface area contributed by atoms with E-state index in [0.29, 0.717) is 31.7 Å². The van der Waals surface area contributed by atoms with Gasteiger partial charge in [0.1, 0.15) is 18.5 Å². The fraction of sp³-hybridized carbons (Fsp3) is 0.421. The number of aromatic nitrogens is 3. The number of aryl methyl sites for hydroxylation is 1. The maximum Gasteiger partial charge on any atom is 0.237 e. The maximum absolute atomic E-state index is 10.8. The lowest BCUT2D eigenvalue weighted by Crippen LogP contribution is -2.37. The van der Waals surface area contributed by atoms with Gasteiger partial charge in [-0.15, -0.1) is 0 Å². The van der Waals surface area contributed by atoms with Gasteiger partial charge in [0.05, 0.1) is 11.9 Å². The maximum atomic E-state index is 10.8. The van der Waals surface area contributed by atoms with Gasteiger partial charge in [-0.1, -0.05) is 13.3 Å². The van der Waals surface area contributed by atoms with Gasteiger partial charge in [-0.05, 0) is 18.6 Å². The van der Waals surface area contributed by atoms with Crippen LogP contribution in [0.2, 0.25) is 0 Å². The van der Waals surface area contributed by atoms with Crippen molar-refractivity contribution in [1.82, 2.24) is 19.9 Å². The molecule has 3 heterocycles. The third-order valence-electron chi connectivity index (χ3n) is 4.42. The second-order valence-electron chi connectivity index (χ2n) is 6.39. The topological polar surface area (TPSA) is 104 Å². The summed E-state index contributed by atoms with van der Waals surface area (Å²) < 4.78 is 5.93. The van der Waals surface area contributed by atoms with Crippen molar-refractivity contribution in [3.05, 3.63) is 35.9 Å². The van der Waals surface area contributed by atoms with Crippen LogP contribution in [-0.4, -0.2) is 45.5 Å². The Morgan fingerprint density at radius 1 is 1.33 bits per heavy atom.